The summed E-state index contributed by atoms with van der Waals surface area (Å²) in [5, 5.41) is 14.0. The zero-order valence-electron chi connectivity index (χ0n) is 45.4. The Morgan fingerprint density at radius 1 is 0.694 bits per heavy atom. The summed E-state index contributed by atoms with van der Waals surface area (Å²) in [5.74, 6) is -1.74. The Morgan fingerprint density at radius 3 is 1.64 bits per heavy atom. The van der Waals surface area contributed by atoms with E-state index in [0.29, 0.717) is 19.3 Å². The fraction of sp³-hybridized carbons (Fsp3) is 0.732. The van der Waals surface area contributed by atoms with E-state index in [1.54, 1.807) is 0 Å². The van der Waals surface area contributed by atoms with Crippen LogP contribution in [0, 0.1) is 0 Å². The number of esters is 2. The molecule has 0 aromatic heterocycles. The number of nitrogens with one attached hydrogen (secondary N) is 1. The number of hydrogen-bond acceptors (Lipinski definition) is 12. The van der Waals surface area contributed by atoms with E-state index in [1.807, 2.05) is 58.1 Å². The number of carbonyl (C=O) groups is 3. The number of carbonyl (C=O) groups excluding carboxylic acids is 3. The molecule has 16 heteroatoms. The van der Waals surface area contributed by atoms with Gasteiger partial charge in [0.25, 0.3) is 0 Å². The normalized spacial score (nSPS) is 18.8. The summed E-state index contributed by atoms with van der Waals surface area (Å²) >= 11 is 0. The molecule has 1 amide bonds. The van der Waals surface area contributed by atoms with Gasteiger partial charge in [-0.1, -0.05) is 191 Å². The molecule has 1 unspecified atom stereocenters. The topological polar surface area (TPSA) is 187 Å². The summed E-state index contributed by atoms with van der Waals surface area (Å²) in [7, 11) is -7.93. The van der Waals surface area contributed by atoms with E-state index in [9.17, 15) is 32.5 Å². The van der Waals surface area contributed by atoms with Gasteiger partial charge in [-0.15, -0.1) is 0 Å². The van der Waals surface area contributed by atoms with Crippen molar-refractivity contribution in [2.75, 3.05) is 6.61 Å². The van der Waals surface area contributed by atoms with E-state index < -0.39 is 67.3 Å². The molecule has 1 fully saturated rings. The smallest absolute Gasteiger partial charge is 0.726 e. The molecule has 1 aliphatic rings. The van der Waals surface area contributed by atoms with Crippen molar-refractivity contribution < 1.29 is 84.8 Å². The third-order valence-corrected chi connectivity index (χ3v) is 19.1. The number of rotatable bonds is 38. The van der Waals surface area contributed by atoms with Crippen LogP contribution in [0.1, 0.15) is 199 Å². The van der Waals surface area contributed by atoms with Gasteiger partial charge in [-0.05, 0) is 80.6 Å². The van der Waals surface area contributed by atoms with Crippen molar-refractivity contribution in [3.8, 4) is 0 Å². The first kappa shape index (κ1) is 65.9. The Morgan fingerprint density at radius 2 is 1.15 bits per heavy atom. The van der Waals surface area contributed by atoms with E-state index >= 15 is 0 Å². The summed E-state index contributed by atoms with van der Waals surface area (Å²) < 4.78 is 66.1. The fourth-order valence-corrected chi connectivity index (χ4v) is 10.3. The van der Waals surface area contributed by atoms with Crippen molar-refractivity contribution >= 4 is 36.6 Å². The average Bonchev–Trinajstić information content (AvgIpc) is 3.31. The molecule has 0 spiro atoms. The van der Waals surface area contributed by atoms with Crippen molar-refractivity contribution in [2.45, 2.75) is 256 Å². The van der Waals surface area contributed by atoms with Crippen molar-refractivity contribution in [3.05, 3.63) is 71.8 Å². The molecule has 0 bridgehead atoms. The van der Waals surface area contributed by atoms with Gasteiger partial charge in [-0.25, -0.2) is 8.42 Å². The van der Waals surface area contributed by atoms with Crippen LogP contribution in [0.2, 0.25) is 18.1 Å². The number of benzene rings is 2. The summed E-state index contributed by atoms with van der Waals surface area (Å²) in [6.07, 6.45) is 16.1. The monoisotopic (exact) mass is 1050 g/mol. The van der Waals surface area contributed by atoms with E-state index in [2.05, 4.69) is 48.6 Å². The Kier molecular flexibility index (Phi) is 33.6. The van der Waals surface area contributed by atoms with Crippen LogP contribution in [0.5, 0.6) is 0 Å². The number of hydrogen-bond donors (Lipinski definition) is 2. The first-order chi connectivity index (χ1) is 33.9. The second-order valence-corrected chi connectivity index (χ2v) is 27.1. The summed E-state index contributed by atoms with van der Waals surface area (Å²) in [6.45, 7) is 11.9. The summed E-state index contributed by atoms with van der Waals surface area (Å²) in [5.41, 5.74) is 2.65. The van der Waals surface area contributed by atoms with Crippen LogP contribution in [0.3, 0.4) is 0 Å². The molecule has 1 saturated heterocycles. The Hall–Kier alpha value is -2.18. The predicted molar refractivity (Wildman–Crippen MR) is 282 cm³/mol. The van der Waals surface area contributed by atoms with E-state index in [1.165, 1.54) is 43.2 Å². The van der Waals surface area contributed by atoms with Gasteiger partial charge in [0.15, 0.2) is 20.7 Å². The Labute approximate surface area is 458 Å². The molecule has 72 heavy (non-hydrogen) atoms. The van der Waals surface area contributed by atoms with Crippen molar-refractivity contribution in [3.63, 3.8) is 0 Å². The molecule has 1 aliphatic heterocycles. The molecule has 2 N–H and O–H groups in total. The summed E-state index contributed by atoms with van der Waals surface area (Å²) in [6, 6.07) is 19.2. The van der Waals surface area contributed by atoms with Gasteiger partial charge in [0.1, 0.15) is 24.4 Å². The molecule has 2 aromatic rings. The number of ether oxygens (including phenoxy) is 3. The molecule has 2 aromatic carbocycles. The van der Waals surface area contributed by atoms with Crippen LogP contribution in [0.25, 0.3) is 0 Å². The van der Waals surface area contributed by atoms with Gasteiger partial charge >= 0.3 is 41.5 Å². The van der Waals surface area contributed by atoms with Gasteiger partial charge in [0, 0.05) is 12.8 Å². The minimum absolute atomic E-state index is 0. The second-order valence-electron chi connectivity index (χ2n) is 21.3. The maximum atomic E-state index is 14.0. The number of aliphatic hydroxyl groups excluding tert-OH is 1. The number of aliphatic hydroxyl groups is 1. The molecule has 0 saturated carbocycles. The third kappa shape index (κ3) is 28.6. The van der Waals surface area contributed by atoms with Gasteiger partial charge in [-0.2, -0.15) is 0 Å². The maximum Gasteiger partial charge on any atom is 1.00 e. The largest absolute Gasteiger partial charge is 1.00 e. The molecule has 13 nitrogen and oxygen atoms in total. The maximum absolute atomic E-state index is 14.0. The molecular weight excluding hydrogens is 962 g/mol. The fourth-order valence-electron chi connectivity index (χ4n) is 8.80. The Bertz CT molecular complexity index is 1870. The molecule has 0 aliphatic carbocycles. The molecule has 1 heterocycles. The summed E-state index contributed by atoms with van der Waals surface area (Å²) in [4.78, 5) is 40.8. The second kappa shape index (κ2) is 36.7. The van der Waals surface area contributed by atoms with Crippen LogP contribution >= 0.6 is 0 Å². The number of unbranched alkanes of at least 4 members (excludes halogenated alkanes) is 18. The van der Waals surface area contributed by atoms with Crippen LogP contribution in [0.4, 0.5) is 0 Å². The average molecular weight is 1050 g/mol. The Balaban J connectivity index is 0.0000178. The van der Waals surface area contributed by atoms with Crippen molar-refractivity contribution in [1.82, 2.24) is 5.32 Å². The van der Waals surface area contributed by atoms with Crippen LogP contribution < -0.4 is 34.9 Å². The molecule has 404 valence electrons. The quantitative estimate of drug-likeness (QED) is 0.0214. The number of amides is 1. The molecule has 3 rings (SSSR count). The van der Waals surface area contributed by atoms with E-state index in [0.717, 1.165) is 103 Å². The van der Waals surface area contributed by atoms with Crippen LogP contribution in [-0.2, 0) is 60.4 Å². The SMILES string of the molecule is CCCCCCCCCCC[C@@H](CC(=O)N[C@H]1C(O)O[C@H](CO[Si](C)(C)C(C)(C)C)[C@@H](OS(=O)(=O)[O-])[C@@H]1OC(=O)CCCCCCCCc1ccccc1)OC(=O)CCCCCCCCc1ccccc1.[Na+]. The predicted octanol–water partition coefficient (Wildman–Crippen LogP) is 9.14. The molecule has 6 atom stereocenters. The zero-order valence-corrected chi connectivity index (χ0v) is 49.2. The van der Waals surface area contributed by atoms with Gasteiger partial charge in [0.05, 0.1) is 13.0 Å². The molecular formula is C56H92NNaO12SSi. The van der Waals surface area contributed by atoms with Gasteiger partial charge in [-0.3, -0.25) is 18.6 Å². The van der Waals surface area contributed by atoms with E-state index in [-0.39, 0.29) is 66.4 Å². The van der Waals surface area contributed by atoms with E-state index in [4.69, 9.17) is 22.8 Å². The number of aryl methyl sites for hydroxylation is 2. The standard InChI is InChI=1S/C56H93NO12SSi.Na/c1-7-8-9-10-11-12-13-20-31-40-47(66-50(59)41-32-21-16-14-18-25-34-45-36-27-23-28-37-45)43-49(58)57-52-54(68-51(60)42-33-22-17-15-19-26-35-46-38-29-24-30-39-46)53(69-70(62,63)64)48(67-55(52)61)44-65-71(5,6)56(2,3)4;/h23-24,27-30,36-39,47-48,52-55,61H,7-22,25-26,31-35,40-44H2,1-6H3,(H,57,58)(H,62,63,64);/q;+1/p-1/t47-,48+,52+,53+,54+,55?;/m0./s1. The minimum Gasteiger partial charge on any atom is -0.726 e. The minimum atomic E-state index is -5.43. The van der Waals surface area contributed by atoms with Gasteiger partial charge < -0.3 is 33.6 Å². The van der Waals surface area contributed by atoms with Crippen molar-refractivity contribution in [2.24, 2.45) is 0 Å². The van der Waals surface area contributed by atoms with Gasteiger partial charge in [0.2, 0.25) is 16.3 Å². The van der Waals surface area contributed by atoms with Crippen LogP contribution in [-0.4, -0.2) is 87.6 Å². The third-order valence-electron chi connectivity index (χ3n) is 14.1. The first-order valence-corrected chi connectivity index (χ1v) is 31.5. The first-order valence-electron chi connectivity index (χ1n) is 27.3. The molecule has 0 radical (unpaired) electrons. The zero-order chi connectivity index (χ0) is 52.0. The van der Waals surface area contributed by atoms with Crippen molar-refractivity contribution in [1.29, 1.82) is 0 Å². The van der Waals surface area contributed by atoms with Crippen LogP contribution in [0.15, 0.2) is 60.7 Å².